The summed E-state index contributed by atoms with van der Waals surface area (Å²) in [6, 6.07) is 0. The third-order valence-electron chi connectivity index (χ3n) is 2.78. The van der Waals surface area contributed by atoms with E-state index >= 15 is 0 Å². The standard InChI is InChI=1S/C16H32O5/c1-4-5-6-7-8-16(17)21-14-12-19-10-9-18-11-13-20-15(2)3/h15H,4-14H2,1-3H3. The zero-order chi connectivity index (χ0) is 15.8. The number of unbranched alkanes of at least 4 members (excludes halogenated alkanes) is 3. The summed E-state index contributed by atoms with van der Waals surface area (Å²) in [5, 5.41) is 0. The monoisotopic (exact) mass is 304 g/mol. The maximum absolute atomic E-state index is 11.4. The molecular weight excluding hydrogens is 272 g/mol. The second kappa shape index (κ2) is 15.7. The quantitative estimate of drug-likeness (QED) is 0.344. The molecule has 0 saturated heterocycles. The number of carbonyl (C=O) groups excluding carboxylic acids is 1. The van der Waals surface area contributed by atoms with Crippen molar-refractivity contribution >= 4 is 5.97 Å². The van der Waals surface area contributed by atoms with Crippen LogP contribution >= 0.6 is 0 Å². The highest BCUT2D eigenvalue weighted by atomic mass is 16.6. The fraction of sp³-hybridized carbons (Fsp3) is 0.938. The molecule has 5 heteroatoms. The SMILES string of the molecule is CCCCCCC(=O)OCCOCCOCCOC(C)C. The van der Waals surface area contributed by atoms with Gasteiger partial charge < -0.3 is 18.9 Å². The van der Waals surface area contributed by atoms with Crippen LogP contribution in [0.4, 0.5) is 0 Å². The highest BCUT2D eigenvalue weighted by Gasteiger charge is 2.02. The van der Waals surface area contributed by atoms with Crippen molar-refractivity contribution in [2.45, 2.75) is 59.0 Å². The molecule has 0 spiro atoms. The molecule has 0 amide bonds. The Bertz CT molecular complexity index is 231. The van der Waals surface area contributed by atoms with Crippen molar-refractivity contribution < 1.29 is 23.7 Å². The summed E-state index contributed by atoms with van der Waals surface area (Å²) in [5.41, 5.74) is 0. The molecule has 0 aliphatic heterocycles. The number of carbonyl (C=O) groups is 1. The van der Waals surface area contributed by atoms with Crippen LogP contribution in [-0.4, -0.2) is 51.7 Å². The minimum Gasteiger partial charge on any atom is -0.463 e. The van der Waals surface area contributed by atoms with Crippen molar-refractivity contribution in [3.63, 3.8) is 0 Å². The lowest BCUT2D eigenvalue weighted by Gasteiger charge is -2.09. The number of ether oxygens (including phenoxy) is 4. The van der Waals surface area contributed by atoms with Gasteiger partial charge in [-0.25, -0.2) is 0 Å². The summed E-state index contributed by atoms with van der Waals surface area (Å²) in [7, 11) is 0. The fourth-order valence-electron chi connectivity index (χ4n) is 1.65. The first-order valence-electron chi connectivity index (χ1n) is 8.09. The second-order valence-electron chi connectivity index (χ2n) is 5.18. The van der Waals surface area contributed by atoms with E-state index in [1.54, 1.807) is 0 Å². The lowest BCUT2D eigenvalue weighted by atomic mass is 10.2. The largest absolute Gasteiger partial charge is 0.463 e. The molecule has 21 heavy (non-hydrogen) atoms. The molecule has 0 N–H and O–H groups in total. The fourth-order valence-corrected chi connectivity index (χ4v) is 1.65. The van der Waals surface area contributed by atoms with Crippen LogP contribution in [0.5, 0.6) is 0 Å². The lowest BCUT2D eigenvalue weighted by Crippen LogP contribution is -2.14. The average Bonchev–Trinajstić information content (AvgIpc) is 2.45. The molecule has 0 unspecified atom stereocenters. The van der Waals surface area contributed by atoms with Gasteiger partial charge in [-0.2, -0.15) is 0 Å². The van der Waals surface area contributed by atoms with Crippen LogP contribution in [0, 0.1) is 0 Å². The Balaban J connectivity index is 3.12. The molecule has 0 aromatic heterocycles. The van der Waals surface area contributed by atoms with Crippen molar-refractivity contribution in [2.75, 3.05) is 39.6 Å². The van der Waals surface area contributed by atoms with Crippen LogP contribution in [0.2, 0.25) is 0 Å². The van der Waals surface area contributed by atoms with E-state index < -0.39 is 0 Å². The molecule has 0 fully saturated rings. The molecule has 126 valence electrons. The van der Waals surface area contributed by atoms with Gasteiger partial charge in [0, 0.05) is 6.42 Å². The van der Waals surface area contributed by atoms with E-state index in [1.807, 2.05) is 13.8 Å². The predicted molar refractivity (Wildman–Crippen MR) is 82.4 cm³/mol. The van der Waals surface area contributed by atoms with Crippen LogP contribution in [0.1, 0.15) is 52.9 Å². The van der Waals surface area contributed by atoms with Crippen molar-refractivity contribution in [1.29, 1.82) is 0 Å². The molecule has 0 atom stereocenters. The zero-order valence-electron chi connectivity index (χ0n) is 13.9. The first kappa shape index (κ1) is 20.3. The highest BCUT2D eigenvalue weighted by Crippen LogP contribution is 2.03. The van der Waals surface area contributed by atoms with E-state index in [0.717, 1.165) is 12.8 Å². The Labute approximate surface area is 129 Å². The minimum atomic E-state index is -0.128. The maximum atomic E-state index is 11.4. The van der Waals surface area contributed by atoms with Gasteiger partial charge in [-0.05, 0) is 20.3 Å². The third-order valence-corrected chi connectivity index (χ3v) is 2.78. The smallest absolute Gasteiger partial charge is 0.305 e. The first-order valence-corrected chi connectivity index (χ1v) is 8.09. The summed E-state index contributed by atoms with van der Waals surface area (Å²) in [6.45, 7) is 9.11. The molecule has 0 heterocycles. The molecule has 0 saturated carbocycles. The molecule has 5 nitrogen and oxygen atoms in total. The van der Waals surface area contributed by atoms with Crippen LogP contribution in [-0.2, 0) is 23.7 Å². The van der Waals surface area contributed by atoms with Gasteiger partial charge in [0.1, 0.15) is 6.61 Å². The first-order chi connectivity index (χ1) is 10.2. The van der Waals surface area contributed by atoms with E-state index in [2.05, 4.69) is 6.92 Å². The molecular formula is C16H32O5. The number of hydrogen-bond donors (Lipinski definition) is 0. The average molecular weight is 304 g/mol. The van der Waals surface area contributed by atoms with Gasteiger partial charge >= 0.3 is 5.97 Å². The summed E-state index contributed by atoms with van der Waals surface area (Å²) in [4.78, 5) is 11.4. The van der Waals surface area contributed by atoms with E-state index in [1.165, 1.54) is 12.8 Å². The molecule has 0 bridgehead atoms. The van der Waals surface area contributed by atoms with Crippen LogP contribution < -0.4 is 0 Å². The Hall–Kier alpha value is -0.650. The molecule has 0 aromatic carbocycles. The minimum absolute atomic E-state index is 0.128. The van der Waals surface area contributed by atoms with E-state index in [4.69, 9.17) is 18.9 Å². The van der Waals surface area contributed by atoms with E-state index in [0.29, 0.717) is 46.1 Å². The number of hydrogen-bond acceptors (Lipinski definition) is 5. The van der Waals surface area contributed by atoms with Crippen molar-refractivity contribution in [3.8, 4) is 0 Å². The van der Waals surface area contributed by atoms with Crippen molar-refractivity contribution in [3.05, 3.63) is 0 Å². The van der Waals surface area contributed by atoms with Gasteiger partial charge in [-0.3, -0.25) is 4.79 Å². The Morgan fingerprint density at radius 3 is 2.10 bits per heavy atom. The molecule has 0 aliphatic carbocycles. The van der Waals surface area contributed by atoms with Crippen molar-refractivity contribution in [1.82, 2.24) is 0 Å². The number of esters is 1. The molecule has 0 rings (SSSR count). The van der Waals surface area contributed by atoms with Crippen molar-refractivity contribution in [2.24, 2.45) is 0 Å². The lowest BCUT2D eigenvalue weighted by molar-refractivity contribution is -0.145. The summed E-state index contributed by atoms with van der Waals surface area (Å²) < 4.78 is 21.0. The Kier molecular flexibility index (Phi) is 15.2. The van der Waals surface area contributed by atoms with Gasteiger partial charge in [0.15, 0.2) is 0 Å². The molecule has 0 aromatic rings. The highest BCUT2D eigenvalue weighted by molar-refractivity contribution is 5.69. The summed E-state index contributed by atoms with van der Waals surface area (Å²) in [5.74, 6) is -0.128. The topological polar surface area (TPSA) is 54.0 Å². The van der Waals surface area contributed by atoms with E-state index in [9.17, 15) is 4.79 Å². The molecule has 0 aliphatic rings. The van der Waals surface area contributed by atoms with Crippen LogP contribution in [0.25, 0.3) is 0 Å². The number of rotatable bonds is 15. The predicted octanol–water partition coefficient (Wildman–Crippen LogP) is 2.96. The van der Waals surface area contributed by atoms with Gasteiger partial charge in [0.25, 0.3) is 0 Å². The summed E-state index contributed by atoms with van der Waals surface area (Å²) in [6.07, 6.45) is 5.12. The normalized spacial score (nSPS) is 11.0. The summed E-state index contributed by atoms with van der Waals surface area (Å²) >= 11 is 0. The van der Waals surface area contributed by atoms with Gasteiger partial charge in [0.05, 0.1) is 39.1 Å². The van der Waals surface area contributed by atoms with Crippen LogP contribution in [0.3, 0.4) is 0 Å². The van der Waals surface area contributed by atoms with Gasteiger partial charge in [-0.1, -0.05) is 26.2 Å². The van der Waals surface area contributed by atoms with Gasteiger partial charge in [-0.15, -0.1) is 0 Å². The second-order valence-corrected chi connectivity index (χ2v) is 5.18. The Morgan fingerprint density at radius 2 is 1.48 bits per heavy atom. The zero-order valence-corrected chi connectivity index (χ0v) is 13.9. The van der Waals surface area contributed by atoms with E-state index in [-0.39, 0.29) is 12.1 Å². The Morgan fingerprint density at radius 1 is 0.857 bits per heavy atom. The van der Waals surface area contributed by atoms with Gasteiger partial charge in [0.2, 0.25) is 0 Å². The third kappa shape index (κ3) is 17.3. The van der Waals surface area contributed by atoms with Crippen LogP contribution in [0.15, 0.2) is 0 Å². The maximum Gasteiger partial charge on any atom is 0.305 e. The molecule has 0 radical (unpaired) electrons.